The van der Waals surface area contributed by atoms with E-state index < -0.39 is 0 Å². The monoisotopic (exact) mass is 366 g/mol. The fourth-order valence-corrected chi connectivity index (χ4v) is 2.64. The first-order valence-electron chi connectivity index (χ1n) is 6.56. The first-order chi connectivity index (χ1) is 9.63. The van der Waals surface area contributed by atoms with E-state index in [4.69, 9.17) is 5.73 Å². The van der Waals surface area contributed by atoms with Crippen molar-refractivity contribution < 1.29 is 4.79 Å². The molecule has 0 unspecified atom stereocenters. The second-order valence-electron chi connectivity index (χ2n) is 5.09. The second kappa shape index (κ2) is 6.60. The quantitative estimate of drug-likeness (QED) is 0.863. The minimum atomic E-state index is -0.109. The normalized spacial score (nSPS) is 19.5. The molecule has 0 spiro atoms. The van der Waals surface area contributed by atoms with Gasteiger partial charge < -0.3 is 11.1 Å². The summed E-state index contributed by atoms with van der Waals surface area (Å²) in [6, 6.07) is 15.6. The van der Waals surface area contributed by atoms with Gasteiger partial charge in [0.05, 0.1) is 0 Å². The van der Waals surface area contributed by atoms with Gasteiger partial charge in [-0.15, -0.1) is 12.4 Å². The van der Waals surface area contributed by atoms with Crippen LogP contribution in [0.5, 0.6) is 0 Å². The van der Waals surface area contributed by atoms with E-state index in [9.17, 15) is 4.79 Å². The Morgan fingerprint density at radius 3 is 2.43 bits per heavy atom. The summed E-state index contributed by atoms with van der Waals surface area (Å²) in [4.78, 5) is 12.1. The fraction of sp³-hybridized carbons (Fsp3) is 0.188. The molecule has 0 aliphatic heterocycles. The number of hydrogen-bond donors (Lipinski definition) is 2. The van der Waals surface area contributed by atoms with Gasteiger partial charge in [-0.2, -0.15) is 0 Å². The summed E-state index contributed by atoms with van der Waals surface area (Å²) in [5.74, 6) is 0.381. The van der Waals surface area contributed by atoms with Crippen molar-refractivity contribution in [2.75, 3.05) is 5.32 Å². The molecule has 5 heteroatoms. The van der Waals surface area contributed by atoms with E-state index in [0.717, 1.165) is 16.6 Å². The molecule has 1 amide bonds. The molecule has 3 N–H and O–H groups in total. The van der Waals surface area contributed by atoms with E-state index in [-0.39, 0.29) is 18.3 Å². The minimum absolute atomic E-state index is 0. The average Bonchev–Trinajstić information content (AvgIpc) is 3.17. The average molecular weight is 368 g/mol. The topological polar surface area (TPSA) is 55.1 Å². The molecule has 2 atom stereocenters. The Morgan fingerprint density at radius 1 is 1.19 bits per heavy atom. The number of halogens is 2. The molecule has 2 aromatic rings. The van der Waals surface area contributed by atoms with Gasteiger partial charge in [-0.1, -0.05) is 34.1 Å². The summed E-state index contributed by atoms with van der Waals surface area (Å²) in [6.07, 6.45) is 1.06. The third-order valence-electron chi connectivity index (χ3n) is 3.52. The van der Waals surface area contributed by atoms with Gasteiger partial charge in [-0.05, 0) is 42.3 Å². The Balaban J connectivity index is 0.00000161. The van der Waals surface area contributed by atoms with Crippen LogP contribution in [0.15, 0.2) is 53.0 Å². The fourth-order valence-electron chi connectivity index (χ4n) is 2.24. The lowest BCUT2D eigenvalue weighted by Crippen LogP contribution is -2.11. The highest BCUT2D eigenvalue weighted by Crippen LogP contribution is 2.39. The summed E-state index contributed by atoms with van der Waals surface area (Å²) in [7, 11) is 0. The van der Waals surface area contributed by atoms with E-state index in [0.29, 0.717) is 17.5 Å². The Kier molecular flexibility index (Phi) is 5.04. The number of anilines is 1. The smallest absolute Gasteiger partial charge is 0.255 e. The summed E-state index contributed by atoms with van der Waals surface area (Å²) < 4.78 is 0.892. The highest BCUT2D eigenvalue weighted by Gasteiger charge is 2.34. The maximum absolute atomic E-state index is 12.1. The summed E-state index contributed by atoms with van der Waals surface area (Å²) in [5, 5.41) is 2.89. The second-order valence-corrected chi connectivity index (χ2v) is 6.01. The van der Waals surface area contributed by atoms with Crippen LogP contribution in [0.3, 0.4) is 0 Å². The number of rotatable bonds is 3. The molecule has 0 aromatic heterocycles. The van der Waals surface area contributed by atoms with Crippen molar-refractivity contribution >= 4 is 39.9 Å². The van der Waals surface area contributed by atoms with Crippen molar-refractivity contribution in [3.8, 4) is 0 Å². The SMILES string of the molecule is Cl.N[C@@H]1C[C@H]1c1ccc(NC(=O)c2cccc(Br)c2)cc1. The van der Waals surface area contributed by atoms with Gasteiger partial charge in [0.25, 0.3) is 5.91 Å². The standard InChI is InChI=1S/C16H15BrN2O.ClH/c17-12-3-1-2-11(8-12)16(20)19-13-6-4-10(5-7-13)14-9-15(14)18;/h1-8,14-15H,9,18H2,(H,19,20);1H/t14-,15+;/m0./s1. The van der Waals surface area contributed by atoms with Crippen LogP contribution >= 0.6 is 28.3 Å². The zero-order valence-corrected chi connectivity index (χ0v) is 13.7. The number of carbonyl (C=O) groups excluding carboxylic acids is 1. The lowest BCUT2D eigenvalue weighted by atomic mass is 10.1. The van der Waals surface area contributed by atoms with E-state index in [1.807, 2.05) is 36.4 Å². The molecule has 1 fully saturated rings. The lowest BCUT2D eigenvalue weighted by Gasteiger charge is -2.07. The van der Waals surface area contributed by atoms with Crippen molar-refractivity contribution in [3.05, 3.63) is 64.1 Å². The van der Waals surface area contributed by atoms with Crippen LogP contribution in [-0.4, -0.2) is 11.9 Å². The molecule has 1 aliphatic carbocycles. The van der Waals surface area contributed by atoms with E-state index in [1.165, 1.54) is 5.56 Å². The zero-order valence-electron chi connectivity index (χ0n) is 11.3. The lowest BCUT2D eigenvalue weighted by molar-refractivity contribution is 0.102. The van der Waals surface area contributed by atoms with Gasteiger partial charge in [0.15, 0.2) is 0 Å². The molecule has 1 aliphatic rings. The van der Waals surface area contributed by atoms with Crippen molar-refractivity contribution in [2.45, 2.75) is 18.4 Å². The minimum Gasteiger partial charge on any atom is -0.327 e. The number of amides is 1. The first-order valence-corrected chi connectivity index (χ1v) is 7.35. The van der Waals surface area contributed by atoms with Crippen molar-refractivity contribution in [2.24, 2.45) is 5.73 Å². The predicted octanol–water partition coefficient (Wildman–Crippen LogP) is 3.94. The van der Waals surface area contributed by atoms with Gasteiger partial charge in [0.1, 0.15) is 0 Å². The summed E-state index contributed by atoms with van der Waals surface area (Å²) >= 11 is 3.36. The maximum Gasteiger partial charge on any atom is 0.255 e. The molecular formula is C16H16BrClN2O. The Hall–Kier alpha value is -1.36. The molecule has 110 valence electrons. The Labute approximate surface area is 138 Å². The molecule has 0 heterocycles. The zero-order chi connectivity index (χ0) is 14.1. The molecule has 0 radical (unpaired) electrons. The molecule has 21 heavy (non-hydrogen) atoms. The Morgan fingerprint density at radius 2 is 1.86 bits per heavy atom. The molecule has 3 rings (SSSR count). The van der Waals surface area contributed by atoms with Crippen LogP contribution in [-0.2, 0) is 0 Å². The Bertz CT molecular complexity index is 645. The van der Waals surface area contributed by atoms with Crippen molar-refractivity contribution in [1.29, 1.82) is 0 Å². The van der Waals surface area contributed by atoms with Gasteiger partial charge in [-0.3, -0.25) is 4.79 Å². The molecule has 0 saturated heterocycles. The van der Waals surface area contributed by atoms with E-state index in [1.54, 1.807) is 12.1 Å². The van der Waals surface area contributed by atoms with E-state index in [2.05, 4.69) is 21.2 Å². The predicted molar refractivity (Wildman–Crippen MR) is 91.1 cm³/mol. The highest BCUT2D eigenvalue weighted by molar-refractivity contribution is 9.10. The molecule has 2 aromatic carbocycles. The van der Waals surface area contributed by atoms with Gasteiger partial charge in [0.2, 0.25) is 0 Å². The maximum atomic E-state index is 12.1. The van der Waals surface area contributed by atoms with Crippen LogP contribution in [0.25, 0.3) is 0 Å². The van der Waals surface area contributed by atoms with Gasteiger partial charge in [-0.25, -0.2) is 0 Å². The molecule has 0 bridgehead atoms. The third-order valence-corrected chi connectivity index (χ3v) is 4.02. The van der Waals surface area contributed by atoms with Crippen molar-refractivity contribution in [1.82, 2.24) is 0 Å². The first kappa shape index (κ1) is 16.0. The van der Waals surface area contributed by atoms with E-state index >= 15 is 0 Å². The number of carbonyl (C=O) groups is 1. The number of hydrogen-bond acceptors (Lipinski definition) is 2. The van der Waals surface area contributed by atoms with Crippen LogP contribution in [0.4, 0.5) is 5.69 Å². The number of nitrogens with two attached hydrogens (primary N) is 1. The molecular weight excluding hydrogens is 352 g/mol. The third kappa shape index (κ3) is 3.84. The summed E-state index contributed by atoms with van der Waals surface area (Å²) in [6.45, 7) is 0. The summed E-state index contributed by atoms with van der Waals surface area (Å²) in [5.41, 5.74) is 8.51. The van der Waals surface area contributed by atoms with Crippen molar-refractivity contribution in [3.63, 3.8) is 0 Å². The largest absolute Gasteiger partial charge is 0.327 e. The number of nitrogens with one attached hydrogen (secondary N) is 1. The van der Waals surface area contributed by atoms with Crippen LogP contribution in [0.2, 0.25) is 0 Å². The van der Waals surface area contributed by atoms with Gasteiger partial charge >= 0.3 is 0 Å². The molecule has 3 nitrogen and oxygen atoms in total. The van der Waals surface area contributed by atoms with Gasteiger partial charge in [0, 0.05) is 27.7 Å². The van der Waals surface area contributed by atoms with Crippen LogP contribution < -0.4 is 11.1 Å². The van der Waals surface area contributed by atoms with Crippen LogP contribution in [0, 0.1) is 0 Å². The highest BCUT2D eigenvalue weighted by atomic mass is 79.9. The number of benzene rings is 2. The van der Waals surface area contributed by atoms with Crippen LogP contribution in [0.1, 0.15) is 28.3 Å². The molecule has 1 saturated carbocycles.